The highest BCUT2D eigenvalue weighted by atomic mass is 32.1. The van der Waals surface area contributed by atoms with Crippen LogP contribution in [0.2, 0.25) is 0 Å². The van der Waals surface area contributed by atoms with Crippen LogP contribution in [0.4, 0.5) is 0 Å². The highest BCUT2D eigenvalue weighted by Crippen LogP contribution is 2.31. The first-order valence-corrected chi connectivity index (χ1v) is 8.76. The third-order valence-corrected chi connectivity index (χ3v) is 4.83. The number of ether oxygens (including phenoxy) is 1. The van der Waals surface area contributed by atoms with Crippen molar-refractivity contribution in [1.82, 2.24) is 4.98 Å². The second-order valence-corrected chi connectivity index (χ2v) is 6.43. The molecule has 120 valence electrons. The molecule has 0 aliphatic heterocycles. The lowest BCUT2D eigenvalue weighted by atomic mass is 10.1. The quantitative estimate of drug-likeness (QED) is 0.489. The Labute approximate surface area is 149 Å². The van der Waals surface area contributed by atoms with Crippen LogP contribution in [0.15, 0.2) is 72.1 Å². The van der Waals surface area contributed by atoms with Gasteiger partial charge in [0.1, 0.15) is 16.8 Å². The average Bonchev–Trinajstić information content (AvgIpc) is 3.17. The minimum absolute atomic E-state index is 0.0602. The van der Waals surface area contributed by atoms with Gasteiger partial charge in [0.2, 0.25) is 0 Å². The number of rotatable bonds is 4. The number of hydrogen-bond donors (Lipinski definition) is 0. The molecule has 0 saturated carbocycles. The lowest BCUT2D eigenvalue weighted by Gasteiger charge is -2.05. The van der Waals surface area contributed by atoms with Crippen molar-refractivity contribution in [2.75, 3.05) is 6.61 Å². The fraction of sp³-hybridized carbons (Fsp3) is 0.0476. The van der Waals surface area contributed by atoms with Crippen molar-refractivity contribution >= 4 is 22.1 Å². The van der Waals surface area contributed by atoms with E-state index in [4.69, 9.17) is 15.0 Å². The molecule has 4 heteroatoms. The summed E-state index contributed by atoms with van der Waals surface area (Å²) in [4.78, 5) is 4.77. The zero-order valence-electron chi connectivity index (χ0n) is 13.3. The minimum Gasteiger partial charge on any atom is -0.479 e. The van der Waals surface area contributed by atoms with Gasteiger partial charge in [0.15, 0.2) is 6.61 Å². The topological polar surface area (TPSA) is 45.9 Å². The number of nitriles is 1. The van der Waals surface area contributed by atoms with Crippen molar-refractivity contribution in [1.29, 1.82) is 5.26 Å². The summed E-state index contributed by atoms with van der Waals surface area (Å²) in [6.45, 7) is 0.0602. The van der Waals surface area contributed by atoms with E-state index < -0.39 is 0 Å². The summed E-state index contributed by atoms with van der Waals surface area (Å²) in [5, 5.41) is 13.9. The maximum absolute atomic E-state index is 8.61. The van der Waals surface area contributed by atoms with Crippen molar-refractivity contribution in [3.8, 4) is 33.6 Å². The molecule has 1 heterocycles. The van der Waals surface area contributed by atoms with Crippen LogP contribution in [-0.2, 0) is 0 Å². The normalized spacial score (nSPS) is 10.5. The molecule has 0 atom stereocenters. The molecule has 0 saturated heterocycles. The molecule has 3 nitrogen and oxygen atoms in total. The number of nitrogens with zero attached hydrogens (tertiary/aromatic N) is 2. The van der Waals surface area contributed by atoms with Gasteiger partial charge >= 0.3 is 0 Å². The third-order valence-electron chi connectivity index (χ3n) is 3.94. The molecule has 0 radical (unpaired) electrons. The summed E-state index contributed by atoms with van der Waals surface area (Å²) < 4.78 is 5.36. The Bertz CT molecular complexity index is 1060. The van der Waals surface area contributed by atoms with Crippen LogP contribution in [0, 0.1) is 11.3 Å². The Kier molecular flexibility index (Phi) is 4.16. The van der Waals surface area contributed by atoms with E-state index in [2.05, 4.69) is 35.7 Å². The number of benzene rings is 3. The summed E-state index contributed by atoms with van der Waals surface area (Å²) in [7, 11) is 0. The van der Waals surface area contributed by atoms with Crippen LogP contribution in [-0.4, -0.2) is 11.6 Å². The molecule has 0 spiro atoms. The van der Waals surface area contributed by atoms with E-state index >= 15 is 0 Å². The predicted molar refractivity (Wildman–Crippen MR) is 102 cm³/mol. The molecule has 0 unspecified atom stereocenters. The molecule has 4 rings (SSSR count). The molecule has 25 heavy (non-hydrogen) atoms. The maximum atomic E-state index is 8.61. The van der Waals surface area contributed by atoms with Gasteiger partial charge in [-0.3, -0.25) is 0 Å². The summed E-state index contributed by atoms with van der Waals surface area (Å²) in [5.41, 5.74) is 3.21. The standard InChI is InChI=1S/C21H14N2OS/c22-10-11-24-19-9-8-16-12-18(7-6-17(16)13-19)20-14-25-21(23-20)15-4-2-1-3-5-15/h1-9,12-14H,11H2. The first-order valence-electron chi connectivity index (χ1n) is 7.88. The van der Waals surface area contributed by atoms with Crippen LogP contribution in [0.3, 0.4) is 0 Å². The smallest absolute Gasteiger partial charge is 0.174 e. The van der Waals surface area contributed by atoms with Gasteiger partial charge < -0.3 is 4.74 Å². The molecular formula is C21H14N2OS. The van der Waals surface area contributed by atoms with Gasteiger partial charge in [0.05, 0.1) is 5.69 Å². The molecule has 0 N–H and O–H groups in total. The van der Waals surface area contributed by atoms with Crippen molar-refractivity contribution in [3.05, 3.63) is 72.1 Å². The molecule has 1 aromatic heterocycles. The largest absolute Gasteiger partial charge is 0.479 e. The summed E-state index contributed by atoms with van der Waals surface area (Å²) in [6, 6.07) is 24.3. The van der Waals surface area contributed by atoms with Gasteiger partial charge in [-0.05, 0) is 29.0 Å². The van der Waals surface area contributed by atoms with E-state index in [-0.39, 0.29) is 6.61 Å². The molecule has 0 bridgehead atoms. The van der Waals surface area contributed by atoms with Gasteiger partial charge in [-0.25, -0.2) is 4.98 Å². The van der Waals surface area contributed by atoms with Gasteiger partial charge in [0, 0.05) is 16.5 Å². The molecule has 3 aromatic carbocycles. The van der Waals surface area contributed by atoms with Crippen LogP contribution in [0.25, 0.3) is 32.6 Å². The van der Waals surface area contributed by atoms with Gasteiger partial charge in [-0.2, -0.15) is 5.26 Å². The van der Waals surface area contributed by atoms with Gasteiger partial charge in [0.25, 0.3) is 0 Å². The fourth-order valence-corrected chi connectivity index (χ4v) is 3.54. The number of hydrogen-bond acceptors (Lipinski definition) is 4. The fourth-order valence-electron chi connectivity index (χ4n) is 2.71. The van der Waals surface area contributed by atoms with Gasteiger partial charge in [-0.15, -0.1) is 11.3 Å². The van der Waals surface area contributed by atoms with E-state index in [0.717, 1.165) is 32.6 Å². The first-order chi connectivity index (χ1) is 12.3. The molecule has 0 aliphatic rings. The van der Waals surface area contributed by atoms with Crippen LogP contribution in [0.1, 0.15) is 0 Å². The molecular weight excluding hydrogens is 328 g/mol. The molecule has 0 fully saturated rings. The summed E-state index contributed by atoms with van der Waals surface area (Å²) >= 11 is 1.65. The first kappa shape index (κ1) is 15.4. The highest BCUT2D eigenvalue weighted by molar-refractivity contribution is 7.13. The summed E-state index contributed by atoms with van der Waals surface area (Å²) in [6.07, 6.45) is 0. The molecule has 0 aliphatic carbocycles. The Balaban J connectivity index is 1.66. The van der Waals surface area contributed by atoms with E-state index in [1.807, 2.05) is 42.5 Å². The summed E-state index contributed by atoms with van der Waals surface area (Å²) in [5.74, 6) is 0.710. The zero-order valence-corrected chi connectivity index (χ0v) is 14.2. The second kappa shape index (κ2) is 6.76. The second-order valence-electron chi connectivity index (χ2n) is 5.57. The number of fused-ring (bicyclic) bond motifs is 1. The Morgan fingerprint density at radius 1 is 0.920 bits per heavy atom. The minimum atomic E-state index is 0.0602. The SMILES string of the molecule is N#CCOc1ccc2cc(-c3csc(-c4ccccc4)n3)ccc2c1. The number of thiazole rings is 1. The Hall–Kier alpha value is -3.16. The van der Waals surface area contributed by atoms with E-state index in [1.54, 1.807) is 11.3 Å². The number of aromatic nitrogens is 1. The van der Waals surface area contributed by atoms with Gasteiger partial charge in [-0.1, -0.05) is 48.5 Å². The maximum Gasteiger partial charge on any atom is 0.174 e. The van der Waals surface area contributed by atoms with Crippen molar-refractivity contribution in [3.63, 3.8) is 0 Å². The van der Waals surface area contributed by atoms with Crippen molar-refractivity contribution < 1.29 is 4.74 Å². The average molecular weight is 342 g/mol. The van der Waals surface area contributed by atoms with E-state index in [1.165, 1.54) is 0 Å². The van der Waals surface area contributed by atoms with E-state index in [0.29, 0.717) is 5.75 Å². The predicted octanol–water partition coefficient (Wildman–Crippen LogP) is 5.53. The van der Waals surface area contributed by atoms with Crippen LogP contribution >= 0.6 is 11.3 Å². The zero-order chi connectivity index (χ0) is 17.1. The lowest BCUT2D eigenvalue weighted by molar-refractivity contribution is 0.368. The highest BCUT2D eigenvalue weighted by Gasteiger charge is 2.07. The van der Waals surface area contributed by atoms with Crippen LogP contribution in [0.5, 0.6) is 5.75 Å². The van der Waals surface area contributed by atoms with Crippen molar-refractivity contribution in [2.45, 2.75) is 0 Å². The van der Waals surface area contributed by atoms with Crippen molar-refractivity contribution in [2.24, 2.45) is 0 Å². The monoisotopic (exact) mass is 342 g/mol. The Morgan fingerprint density at radius 3 is 2.56 bits per heavy atom. The molecule has 4 aromatic rings. The third kappa shape index (κ3) is 3.23. The lowest BCUT2D eigenvalue weighted by Crippen LogP contribution is -1.92. The van der Waals surface area contributed by atoms with E-state index in [9.17, 15) is 0 Å². The van der Waals surface area contributed by atoms with Crippen LogP contribution < -0.4 is 4.74 Å². The molecule has 0 amide bonds. The Morgan fingerprint density at radius 2 is 1.72 bits per heavy atom.